The first-order valence-electron chi connectivity index (χ1n) is 10.8. The molecule has 0 radical (unpaired) electrons. The quantitative estimate of drug-likeness (QED) is 0.477. The van der Waals surface area contributed by atoms with Crippen molar-refractivity contribution in [3.8, 4) is 22.8 Å². The number of aryl methyl sites for hydroxylation is 1. The molecule has 1 aromatic carbocycles. The topological polar surface area (TPSA) is 124 Å². The minimum atomic E-state index is -0.939. The largest absolute Gasteiger partial charge is 0.431 e. The number of oxazole rings is 1. The Bertz CT molecular complexity index is 1460. The first-order chi connectivity index (χ1) is 16.4. The molecule has 34 heavy (non-hydrogen) atoms. The van der Waals surface area contributed by atoms with Crippen LogP contribution in [0.5, 0.6) is 0 Å². The normalized spacial score (nSPS) is 18.7. The number of carbonyl (C=O) groups excluding carboxylic acids is 2. The maximum Gasteiger partial charge on any atom is 0.293 e. The lowest BCUT2D eigenvalue weighted by atomic mass is 10.1. The van der Waals surface area contributed by atoms with Crippen LogP contribution in [-0.4, -0.2) is 38.0 Å². The van der Waals surface area contributed by atoms with Crippen molar-refractivity contribution in [1.29, 1.82) is 0 Å². The number of anilines is 1. The van der Waals surface area contributed by atoms with Gasteiger partial charge in [-0.1, -0.05) is 11.2 Å². The standard InChI is InChI=1S/C24H18FN5O4/c1-11-19(7-15(9-26-11)21-29-24(34-30-21)17-8-18(17)25)28-22(32)20-10-27-23(33-20)13-3-2-12-5-16(31)6-14(12)4-13/h2-4,7,9-10,17-18H,5-6,8H2,1H3,(H,28,32)/t17-,18-/m0/s1. The Morgan fingerprint density at radius 2 is 1.94 bits per heavy atom. The molecule has 2 atom stereocenters. The maximum absolute atomic E-state index is 13.3. The van der Waals surface area contributed by atoms with Crippen LogP contribution in [0, 0.1) is 6.92 Å². The summed E-state index contributed by atoms with van der Waals surface area (Å²) < 4.78 is 24.1. The van der Waals surface area contributed by atoms with Crippen molar-refractivity contribution in [1.82, 2.24) is 20.1 Å². The zero-order valence-electron chi connectivity index (χ0n) is 18.0. The zero-order chi connectivity index (χ0) is 23.4. The van der Waals surface area contributed by atoms with Gasteiger partial charge in [0.1, 0.15) is 12.0 Å². The van der Waals surface area contributed by atoms with Crippen LogP contribution in [0.15, 0.2) is 45.6 Å². The molecule has 0 unspecified atom stereocenters. The second kappa shape index (κ2) is 7.68. The highest BCUT2D eigenvalue weighted by atomic mass is 19.1. The molecule has 9 nitrogen and oxygen atoms in total. The Hall–Kier alpha value is -4.21. The summed E-state index contributed by atoms with van der Waals surface area (Å²) in [4.78, 5) is 37.3. The fourth-order valence-electron chi connectivity index (χ4n) is 3.98. The fourth-order valence-corrected chi connectivity index (χ4v) is 3.98. The predicted molar refractivity (Wildman–Crippen MR) is 117 cm³/mol. The van der Waals surface area contributed by atoms with E-state index >= 15 is 0 Å². The third-order valence-corrected chi connectivity index (χ3v) is 6.02. The van der Waals surface area contributed by atoms with E-state index in [-0.39, 0.29) is 29.2 Å². The van der Waals surface area contributed by atoms with E-state index in [9.17, 15) is 14.0 Å². The lowest BCUT2D eigenvalue weighted by Crippen LogP contribution is -2.12. The molecule has 3 heterocycles. The minimum Gasteiger partial charge on any atom is -0.431 e. The van der Waals surface area contributed by atoms with Crippen molar-refractivity contribution in [3.63, 3.8) is 0 Å². The maximum atomic E-state index is 13.3. The molecule has 2 aliphatic carbocycles. The van der Waals surface area contributed by atoms with Gasteiger partial charge in [-0.2, -0.15) is 4.98 Å². The number of ketones is 1. The number of aromatic nitrogens is 4. The highest BCUT2D eigenvalue weighted by Crippen LogP contribution is 2.43. The van der Waals surface area contributed by atoms with Crippen molar-refractivity contribution >= 4 is 17.4 Å². The second-order valence-electron chi connectivity index (χ2n) is 8.53. The highest BCUT2D eigenvalue weighted by Gasteiger charge is 2.43. The molecule has 0 spiro atoms. The average molecular weight is 459 g/mol. The molecule has 3 aromatic heterocycles. The van der Waals surface area contributed by atoms with Crippen LogP contribution < -0.4 is 5.32 Å². The van der Waals surface area contributed by atoms with Crippen LogP contribution in [-0.2, 0) is 17.6 Å². The molecule has 1 fully saturated rings. The number of alkyl halides is 1. The summed E-state index contributed by atoms with van der Waals surface area (Å²) in [5.74, 6) is 0.201. The van der Waals surface area contributed by atoms with Crippen LogP contribution in [0.1, 0.15) is 45.6 Å². The van der Waals surface area contributed by atoms with Crippen LogP contribution >= 0.6 is 0 Å². The fraction of sp³-hybridized carbons (Fsp3) is 0.250. The third kappa shape index (κ3) is 3.66. The Labute approximate surface area is 192 Å². The van der Waals surface area contributed by atoms with Crippen molar-refractivity contribution in [2.75, 3.05) is 5.32 Å². The summed E-state index contributed by atoms with van der Waals surface area (Å²) in [5, 5.41) is 6.67. The molecule has 0 aliphatic heterocycles. The molecule has 2 aliphatic rings. The number of nitrogens with zero attached hydrogens (tertiary/aromatic N) is 4. The van der Waals surface area contributed by atoms with Crippen molar-refractivity contribution < 1.29 is 22.9 Å². The lowest BCUT2D eigenvalue weighted by molar-refractivity contribution is -0.117. The molecule has 0 saturated heterocycles. The average Bonchev–Trinajstić information content (AvgIpc) is 3.26. The zero-order valence-corrected chi connectivity index (χ0v) is 18.0. The Kier molecular flexibility index (Phi) is 4.61. The van der Waals surface area contributed by atoms with E-state index in [1.807, 2.05) is 18.2 Å². The monoisotopic (exact) mass is 459 g/mol. The number of hydrogen-bond donors (Lipinski definition) is 1. The van der Waals surface area contributed by atoms with Gasteiger partial charge >= 0.3 is 0 Å². The van der Waals surface area contributed by atoms with Gasteiger partial charge in [0.15, 0.2) is 0 Å². The van der Waals surface area contributed by atoms with Crippen LogP contribution in [0.25, 0.3) is 22.8 Å². The molecule has 1 amide bonds. The lowest BCUT2D eigenvalue weighted by Gasteiger charge is -2.07. The number of carbonyl (C=O) groups is 2. The van der Waals surface area contributed by atoms with Gasteiger partial charge in [-0.3, -0.25) is 14.6 Å². The summed E-state index contributed by atoms with van der Waals surface area (Å²) in [6.45, 7) is 1.75. The molecule has 1 N–H and O–H groups in total. The van der Waals surface area contributed by atoms with Crippen molar-refractivity contribution in [2.24, 2.45) is 0 Å². The van der Waals surface area contributed by atoms with E-state index in [0.29, 0.717) is 47.7 Å². The molecule has 0 bridgehead atoms. The summed E-state index contributed by atoms with van der Waals surface area (Å²) >= 11 is 0. The van der Waals surface area contributed by atoms with E-state index < -0.39 is 12.1 Å². The number of pyridine rings is 1. The second-order valence-corrected chi connectivity index (χ2v) is 8.53. The predicted octanol–water partition coefficient (Wildman–Crippen LogP) is 3.84. The van der Waals surface area contributed by atoms with Gasteiger partial charge < -0.3 is 14.3 Å². The molecule has 6 rings (SSSR count). The van der Waals surface area contributed by atoms with E-state index in [0.717, 1.165) is 11.1 Å². The molecular weight excluding hydrogens is 441 g/mol. The molecule has 10 heteroatoms. The van der Waals surface area contributed by atoms with E-state index in [1.165, 1.54) is 6.20 Å². The van der Waals surface area contributed by atoms with Gasteiger partial charge in [-0.25, -0.2) is 9.37 Å². The number of fused-ring (bicyclic) bond motifs is 1. The number of Topliss-reactive ketones (excluding diaryl/α,β-unsaturated/α-hetero) is 1. The number of amides is 1. The Balaban J connectivity index is 1.21. The molecule has 170 valence electrons. The summed E-state index contributed by atoms with van der Waals surface area (Å²) in [7, 11) is 0. The van der Waals surface area contributed by atoms with Gasteiger partial charge in [-0.05, 0) is 42.7 Å². The Morgan fingerprint density at radius 1 is 1.12 bits per heavy atom. The van der Waals surface area contributed by atoms with Gasteiger partial charge in [0, 0.05) is 30.2 Å². The highest BCUT2D eigenvalue weighted by molar-refractivity contribution is 6.02. The van der Waals surface area contributed by atoms with Crippen molar-refractivity contribution in [2.45, 2.75) is 38.3 Å². The van der Waals surface area contributed by atoms with Crippen LogP contribution in [0.2, 0.25) is 0 Å². The molecule has 4 aromatic rings. The first-order valence-corrected chi connectivity index (χ1v) is 10.8. The smallest absolute Gasteiger partial charge is 0.293 e. The number of hydrogen-bond acceptors (Lipinski definition) is 8. The van der Waals surface area contributed by atoms with Gasteiger partial charge in [0.05, 0.1) is 23.5 Å². The molecule has 1 saturated carbocycles. The van der Waals surface area contributed by atoms with Crippen molar-refractivity contribution in [3.05, 3.63) is 65.1 Å². The van der Waals surface area contributed by atoms with E-state index in [2.05, 4.69) is 25.4 Å². The third-order valence-electron chi connectivity index (χ3n) is 6.02. The van der Waals surface area contributed by atoms with Crippen LogP contribution in [0.4, 0.5) is 10.1 Å². The van der Waals surface area contributed by atoms with Gasteiger partial charge in [-0.15, -0.1) is 0 Å². The van der Waals surface area contributed by atoms with E-state index in [1.54, 1.807) is 19.2 Å². The number of rotatable bonds is 5. The summed E-state index contributed by atoms with van der Waals surface area (Å²) in [5.41, 5.74) is 4.21. The SMILES string of the molecule is Cc1ncc(-c2noc([C@H]3C[C@@H]3F)n2)cc1NC(=O)c1cnc(-c2ccc3c(c2)CC(=O)C3)o1. The molecular formula is C24H18FN5O4. The first kappa shape index (κ1) is 20.4. The van der Waals surface area contributed by atoms with Gasteiger partial charge in [0.2, 0.25) is 23.4 Å². The number of nitrogens with one attached hydrogen (secondary N) is 1. The Morgan fingerprint density at radius 3 is 2.76 bits per heavy atom. The number of halogens is 1. The van der Waals surface area contributed by atoms with Gasteiger partial charge in [0.25, 0.3) is 5.91 Å². The minimum absolute atomic E-state index is 0.0287. The summed E-state index contributed by atoms with van der Waals surface area (Å²) in [6.07, 6.45) is 3.21. The summed E-state index contributed by atoms with van der Waals surface area (Å²) in [6, 6.07) is 7.26. The van der Waals surface area contributed by atoms with E-state index in [4.69, 9.17) is 8.94 Å². The van der Waals surface area contributed by atoms with Crippen LogP contribution in [0.3, 0.4) is 0 Å². The number of benzene rings is 1.